The SMILES string of the molecule is CCOc1cccc(C2(O)CC(C)C2)c1. The molecule has 1 aliphatic rings. The molecule has 1 aromatic rings. The van der Waals surface area contributed by atoms with Crippen molar-refractivity contribution in [2.45, 2.75) is 32.3 Å². The predicted molar refractivity (Wildman–Crippen MR) is 59.9 cm³/mol. The van der Waals surface area contributed by atoms with Gasteiger partial charge in [-0.3, -0.25) is 0 Å². The third-order valence-electron chi connectivity index (χ3n) is 3.05. The number of benzene rings is 1. The second-order valence-electron chi connectivity index (χ2n) is 4.51. The molecular formula is C13H18O2. The van der Waals surface area contributed by atoms with Crippen molar-refractivity contribution in [3.05, 3.63) is 29.8 Å². The number of hydrogen-bond donors (Lipinski definition) is 1. The third kappa shape index (κ3) is 2.00. The first-order chi connectivity index (χ1) is 7.14. The first-order valence-corrected chi connectivity index (χ1v) is 5.60. The van der Waals surface area contributed by atoms with E-state index in [4.69, 9.17) is 4.74 Å². The van der Waals surface area contributed by atoms with Crippen molar-refractivity contribution in [3.63, 3.8) is 0 Å². The first kappa shape index (κ1) is 10.5. The molecule has 0 radical (unpaired) electrons. The topological polar surface area (TPSA) is 29.5 Å². The van der Waals surface area contributed by atoms with Crippen LogP contribution in [0.15, 0.2) is 24.3 Å². The molecule has 82 valence electrons. The molecule has 2 heteroatoms. The molecule has 2 rings (SSSR count). The minimum atomic E-state index is -0.605. The minimum Gasteiger partial charge on any atom is -0.494 e. The van der Waals surface area contributed by atoms with Gasteiger partial charge in [0.05, 0.1) is 12.2 Å². The van der Waals surface area contributed by atoms with Gasteiger partial charge in [-0.25, -0.2) is 0 Å². The molecule has 1 fully saturated rings. The van der Waals surface area contributed by atoms with Gasteiger partial charge in [0.2, 0.25) is 0 Å². The van der Waals surface area contributed by atoms with E-state index in [1.165, 1.54) is 0 Å². The smallest absolute Gasteiger partial charge is 0.119 e. The quantitative estimate of drug-likeness (QED) is 0.824. The Labute approximate surface area is 90.9 Å². The van der Waals surface area contributed by atoms with Gasteiger partial charge >= 0.3 is 0 Å². The van der Waals surface area contributed by atoms with Crippen molar-refractivity contribution in [2.24, 2.45) is 5.92 Å². The summed E-state index contributed by atoms with van der Waals surface area (Å²) >= 11 is 0. The van der Waals surface area contributed by atoms with Gasteiger partial charge in [-0.2, -0.15) is 0 Å². The Morgan fingerprint density at radius 3 is 2.80 bits per heavy atom. The molecule has 1 N–H and O–H groups in total. The zero-order chi connectivity index (χ0) is 10.9. The van der Waals surface area contributed by atoms with Crippen molar-refractivity contribution in [2.75, 3.05) is 6.61 Å². The summed E-state index contributed by atoms with van der Waals surface area (Å²) in [6.45, 7) is 4.80. The molecule has 0 atom stereocenters. The largest absolute Gasteiger partial charge is 0.494 e. The summed E-state index contributed by atoms with van der Waals surface area (Å²) in [5.41, 5.74) is 0.388. The van der Waals surface area contributed by atoms with Crippen molar-refractivity contribution in [3.8, 4) is 5.75 Å². The summed E-state index contributed by atoms with van der Waals surface area (Å²) in [5, 5.41) is 10.3. The van der Waals surface area contributed by atoms with E-state index >= 15 is 0 Å². The molecule has 0 heterocycles. The molecular weight excluding hydrogens is 188 g/mol. The first-order valence-electron chi connectivity index (χ1n) is 5.60. The molecule has 0 amide bonds. The van der Waals surface area contributed by atoms with Crippen LogP contribution in [0.4, 0.5) is 0 Å². The van der Waals surface area contributed by atoms with E-state index in [2.05, 4.69) is 6.92 Å². The number of aliphatic hydroxyl groups is 1. The Morgan fingerprint density at radius 2 is 2.20 bits per heavy atom. The molecule has 1 aromatic carbocycles. The summed E-state index contributed by atoms with van der Waals surface area (Å²) in [5.74, 6) is 1.48. The molecule has 0 aliphatic heterocycles. The molecule has 15 heavy (non-hydrogen) atoms. The van der Waals surface area contributed by atoms with Crippen molar-refractivity contribution < 1.29 is 9.84 Å². The van der Waals surface area contributed by atoms with E-state index in [1.807, 2.05) is 31.2 Å². The van der Waals surface area contributed by atoms with Gasteiger partial charge in [0.1, 0.15) is 5.75 Å². The monoisotopic (exact) mass is 206 g/mol. The van der Waals surface area contributed by atoms with Gasteiger partial charge in [-0.05, 0) is 43.4 Å². The molecule has 0 bridgehead atoms. The highest BCUT2D eigenvalue weighted by Crippen LogP contribution is 2.45. The van der Waals surface area contributed by atoms with E-state index < -0.39 is 5.60 Å². The van der Waals surface area contributed by atoms with Gasteiger partial charge in [-0.1, -0.05) is 19.1 Å². The lowest BCUT2D eigenvalue weighted by atomic mass is 9.68. The normalized spacial score (nSPS) is 29.7. The van der Waals surface area contributed by atoms with Crippen molar-refractivity contribution in [1.29, 1.82) is 0 Å². The summed E-state index contributed by atoms with van der Waals surface area (Å²) in [7, 11) is 0. The van der Waals surface area contributed by atoms with Crippen LogP contribution < -0.4 is 4.74 Å². The Morgan fingerprint density at radius 1 is 1.47 bits per heavy atom. The summed E-state index contributed by atoms with van der Waals surface area (Å²) in [4.78, 5) is 0. The maximum atomic E-state index is 10.3. The van der Waals surface area contributed by atoms with E-state index in [0.29, 0.717) is 12.5 Å². The number of hydrogen-bond acceptors (Lipinski definition) is 2. The molecule has 0 unspecified atom stereocenters. The Kier molecular flexibility index (Phi) is 2.70. The van der Waals surface area contributed by atoms with E-state index in [-0.39, 0.29) is 0 Å². The standard InChI is InChI=1S/C13H18O2/c1-3-15-12-6-4-5-11(7-12)13(14)8-10(2)9-13/h4-7,10,14H,3,8-9H2,1-2H3. The number of ether oxygens (including phenoxy) is 1. The maximum Gasteiger partial charge on any atom is 0.119 e. The fourth-order valence-electron chi connectivity index (χ4n) is 2.37. The molecule has 0 saturated heterocycles. The van der Waals surface area contributed by atoms with Crippen LogP contribution in [-0.4, -0.2) is 11.7 Å². The molecule has 1 saturated carbocycles. The molecule has 1 aliphatic carbocycles. The molecule has 2 nitrogen and oxygen atoms in total. The van der Waals surface area contributed by atoms with Crippen LogP contribution >= 0.6 is 0 Å². The van der Waals surface area contributed by atoms with E-state index in [1.54, 1.807) is 0 Å². The van der Waals surface area contributed by atoms with Crippen LogP contribution in [-0.2, 0) is 5.60 Å². The highest BCUT2D eigenvalue weighted by atomic mass is 16.5. The Hall–Kier alpha value is -1.02. The van der Waals surface area contributed by atoms with E-state index in [0.717, 1.165) is 24.2 Å². The van der Waals surface area contributed by atoms with Crippen LogP contribution in [0.25, 0.3) is 0 Å². The Balaban J connectivity index is 2.18. The van der Waals surface area contributed by atoms with Crippen LogP contribution in [0.1, 0.15) is 32.3 Å². The maximum absolute atomic E-state index is 10.3. The van der Waals surface area contributed by atoms with Gasteiger partial charge in [0, 0.05) is 0 Å². The highest BCUT2D eigenvalue weighted by Gasteiger charge is 2.41. The summed E-state index contributed by atoms with van der Waals surface area (Å²) in [6, 6.07) is 7.81. The fourth-order valence-corrected chi connectivity index (χ4v) is 2.37. The average Bonchev–Trinajstić information content (AvgIpc) is 2.17. The molecule has 0 aromatic heterocycles. The van der Waals surface area contributed by atoms with Gasteiger partial charge in [-0.15, -0.1) is 0 Å². The third-order valence-corrected chi connectivity index (χ3v) is 3.05. The Bertz CT molecular complexity index is 340. The lowest BCUT2D eigenvalue weighted by Gasteiger charge is -2.42. The van der Waals surface area contributed by atoms with Gasteiger partial charge in [0.15, 0.2) is 0 Å². The summed E-state index contributed by atoms with van der Waals surface area (Å²) in [6.07, 6.45) is 1.73. The van der Waals surface area contributed by atoms with Crippen molar-refractivity contribution >= 4 is 0 Å². The van der Waals surface area contributed by atoms with Gasteiger partial charge < -0.3 is 9.84 Å². The zero-order valence-electron chi connectivity index (χ0n) is 9.36. The minimum absolute atomic E-state index is 0.605. The van der Waals surface area contributed by atoms with E-state index in [9.17, 15) is 5.11 Å². The van der Waals surface area contributed by atoms with Crippen LogP contribution in [0.5, 0.6) is 5.75 Å². The second-order valence-corrected chi connectivity index (χ2v) is 4.51. The predicted octanol–water partition coefficient (Wildman–Crippen LogP) is 2.70. The van der Waals surface area contributed by atoms with Crippen LogP contribution in [0.3, 0.4) is 0 Å². The van der Waals surface area contributed by atoms with Gasteiger partial charge in [0.25, 0.3) is 0 Å². The second kappa shape index (κ2) is 3.86. The fraction of sp³-hybridized carbons (Fsp3) is 0.538. The van der Waals surface area contributed by atoms with Crippen molar-refractivity contribution in [1.82, 2.24) is 0 Å². The molecule has 0 spiro atoms. The lowest BCUT2D eigenvalue weighted by molar-refractivity contribution is -0.0739. The average molecular weight is 206 g/mol. The zero-order valence-corrected chi connectivity index (χ0v) is 9.36. The highest BCUT2D eigenvalue weighted by molar-refractivity contribution is 5.33. The van der Waals surface area contributed by atoms with Crippen LogP contribution in [0, 0.1) is 5.92 Å². The lowest BCUT2D eigenvalue weighted by Crippen LogP contribution is -2.39. The number of rotatable bonds is 3. The summed E-state index contributed by atoms with van der Waals surface area (Å²) < 4.78 is 5.43. The van der Waals surface area contributed by atoms with Crippen LogP contribution in [0.2, 0.25) is 0 Å².